The van der Waals surface area contributed by atoms with Crippen molar-refractivity contribution in [1.82, 2.24) is 15.5 Å². The molecule has 0 spiro atoms. The fourth-order valence-corrected chi connectivity index (χ4v) is 5.96. The van der Waals surface area contributed by atoms with Gasteiger partial charge in [0.2, 0.25) is 0 Å². The molecule has 0 aromatic carbocycles. The van der Waals surface area contributed by atoms with Gasteiger partial charge in [0.1, 0.15) is 5.54 Å². The number of carbonyl (C=O) groups is 2. The minimum Gasteiger partial charge on any atom is -0.369 e. The molecular weight excluding hydrogens is 414 g/mol. The molecule has 2 fully saturated rings. The number of hydrogen-bond acceptors (Lipinski definition) is 4. The highest BCUT2D eigenvalue weighted by atomic mass is 16.2. The average molecular weight is 462 g/mol. The van der Waals surface area contributed by atoms with Crippen LogP contribution < -0.4 is 16.4 Å². The van der Waals surface area contributed by atoms with Gasteiger partial charge in [-0.1, -0.05) is 65.2 Å². The first-order valence-corrected chi connectivity index (χ1v) is 13.7. The van der Waals surface area contributed by atoms with Gasteiger partial charge in [0.05, 0.1) is 0 Å². The molecule has 0 aromatic heterocycles. The standard InChI is InChI=1S/C26H47N5O2/c1-3-5-16-26(18-20-10-8-7-9-11-20)23(32)31(24(27)30-26)19-21-12-14-22(15-13-21)29-25(33)28-17-6-4-2/h20-22H,3-19H2,1-2H3,(H2,27,30)(H2,28,29,33). The van der Waals surface area contributed by atoms with E-state index in [0.717, 1.165) is 70.8 Å². The van der Waals surface area contributed by atoms with E-state index >= 15 is 0 Å². The van der Waals surface area contributed by atoms with E-state index in [4.69, 9.17) is 10.7 Å². The van der Waals surface area contributed by atoms with Crippen LogP contribution in [0.25, 0.3) is 0 Å². The number of unbranched alkanes of at least 4 members (excludes halogenated alkanes) is 2. The zero-order chi connectivity index (χ0) is 23.7. The number of amides is 3. The number of urea groups is 1. The Morgan fingerprint density at radius 2 is 1.73 bits per heavy atom. The molecule has 0 aromatic rings. The number of nitrogens with one attached hydrogen (secondary N) is 2. The average Bonchev–Trinajstić information content (AvgIpc) is 3.04. The molecule has 3 rings (SSSR count). The molecule has 1 unspecified atom stereocenters. The highest BCUT2D eigenvalue weighted by molar-refractivity contribution is 6.06. The molecule has 3 amide bonds. The number of guanidine groups is 1. The zero-order valence-corrected chi connectivity index (χ0v) is 21.0. The lowest BCUT2D eigenvalue weighted by atomic mass is 9.77. The molecule has 33 heavy (non-hydrogen) atoms. The quantitative estimate of drug-likeness (QED) is 0.389. The third kappa shape index (κ3) is 7.10. The van der Waals surface area contributed by atoms with Crippen molar-refractivity contribution < 1.29 is 9.59 Å². The van der Waals surface area contributed by atoms with Gasteiger partial charge in [-0.05, 0) is 56.8 Å². The van der Waals surface area contributed by atoms with Crippen molar-refractivity contribution in [2.45, 2.75) is 122 Å². The Labute approximate surface area is 200 Å². The van der Waals surface area contributed by atoms with Gasteiger partial charge in [0.25, 0.3) is 5.91 Å². The van der Waals surface area contributed by atoms with Crippen molar-refractivity contribution in [2.24, 2.45) is 22.6 Å². The molecule has 1 aliphatic heterocycles. The third-order valence-electron chi connectivity index (χ3n) is 7.98. The Morgan fingerprint density at radius 1 is 1.03 bits per heavy atom. The topological polar surface area (TPSA) is 99.8 Å². The van der Waals surface area contributed by atoms with Gasteiger partial charge in [0.15, 0.2) is 5.96 Å². The van der Waals surface area contributed by atoms with Gasteiger partial charge in [-0.2, -0.15) is 0 Å². The van der Waals surface area contributed by atoms with E-state index in [1.54, 1.807) is 4.90 Å². The maximum absolute atomic E-state index is 13.7. The Morgan fingerprint density at radius 3 is 2.39 bits per heavy atom. The highest BCUT2D eigenvalue weighted by Crippen LogP contribution is 2.39. The minimum atomic E-state index is -0.628. The molecule has 1 heterocycles. The summed E-state index contributed by atoms with van der Waals surface area (Å²) < 4.78 is 0. The largest absolute Gasteiger partial charge is 0.369 e. The summed E-state index contributed by atoms with van der Waals surface area (Å²) in [7, 11) is 0. The number of nitrogens with two attached hydrogens (primary N) is 1. The van der Waals surface area contributed by atoms with Crippen molar-refractivity contribution in [1.29, 1.82) is 0 Å². The van der Waals surface area contributed by atoms with Crippen LogP contribution in [0.2, 0.25) is 0 Å². The molecule has 2 saturated carbocycles. The van der Waals surface area contributed by atoms with Crippen LogP contribution in [-0.4, -0.2) is 47.5 Å². The molecule has 188 valence electrons. The monoisotopic (exact) mass is 461 g/mol. The normalized spacial score (nSPS) is 28.6. The highest BCUT2D eigenvalue weighted by Gasteiger charge is 2.48. The van der Waals surface area contributed by atoms with Crippen molar-refractivity contribution >= 4 is 17.9 Å². The van der Waals surface area contributed by atoms with Gasteiger partial charge in [-0.25, -0.2) is 9.79 Å². The lowest BCUT2D eigenvalue weighted by Gasteiger charge is -2.34. The Balaban J connectivity index is 1.52. The predicted octanol–water partition coefficient (Wildman–Crippen LogP) is 4.70. The van der Waals surface area contributed by atoms with Crippen molar-refractivity contribution in [3.05, 3.63) is 0 Å². The predicted molar refractivity (Wildman–Crippen MR) is 134 cm³/mol. The second-order valence-electron chi connectivity index (χ2n) is 10.7. The second kappa shape index (κ2) is 12.6. The maximum atomic E-state index is 13.7. The van der Waals surface area contributed by atoms with Gasteiger partial charge in [0, 0.05) is 19.1 Å². The molecule has 7 nitrogen and oxygen atoms in total. The van der Waals surface area contributed by atoms with Crippen LogP contribution in [-0.2, 0) is 4.79 Å². The van der Waals surface area contributed by atoms with Crippen LogP contribution in [0.3, 0.4) is 0 Å². The molecule has 0 saturated heterocycles. The van der Waals surface area contributed by atoms with Crippen molar-refractivity contribution in [2.75, 3.05) is 13.1 Å². The molecular formula is C26H47N5O2. The Hall–Kier alpha value is -1.79. The summed E-state index contributed by atoms with van der Waals surface area (Å²) in [6.45, 7) is 5.69. The van der Waals surface area contributed by atoms with Gasteiger partial charge >= 0.3 is 6.03 Å². The molecule has 2 aliphatic carbocycles. The number of aliphatic imine (C=N–C) groups is 1. The molecule has 0 bridgehead atoms. The lowest BCUT2D eigenvalue weighted by Crippen LogP contribution is -2.48. The summed E-state index contributed by atoms with van der Waals surface area (Å²) in [5.74, 6) is 1.60. The van der Waals surface area contributed by atoms with Crippen LogP contribution in [0.15, 0.2) is 4.99 Å². The van der Waals surface area contributed by atoms with Crippen LogP contribution in [0.5, 0.6) is 0 Å². The van der Waals surface area contributed by atoms with E-state index in [1.807, 2.05) is 0 Å². The number of rotatable bonds is 11. The van der Waals surface area contributed by atoms with Crippen LogP contribution in [0.4, 0.5) is 4.79 Å². The second-order valence-corrected chi connectivity index (χ2v) is 10.7. The number of hydrogen-bond donors (Lipinski definition) is 3. The van der Waals surface area contributed by atoms with Gasteiger partial charge in [-0.15, -0.1) is 0 Å². The van der Waals surface area contributed by atoms with Crippen LogP contribution in [0, 0.1) is 11.8 Å². The SMILES string of the molecule is CCCCNC(=O)NC1CCC(CN2C(=O)C(CCCC)(CC3CCCCC3)N=C2N)CC1. The smallest absolute Gasteiger partial charge is 0.315 e. The summed E-state index contributed by atoms with van der Waals surface area (Å²) in [4.78, 5) is 32.4. The third-order valence-corrected chi connectivity index (χ3v) is 7.98. The Kier molecular flexibility index (Phi) is 9.87. The zero-order valence-electron chi connectivity index (χ0n) is 21.0. The van der Waals surface area contributed by atoms with E-state index in [0.29, 0.717) is 24.3 Å². The molecule has 1 atom stereocenters. The van der Waals surface area contributed by atoms with Crippen LogP contribution >= 0.6 is 0 Å². The van der Waals surface area contributed by atoms with Crippen molar-refractivity contribution in [3.63, 3.8) is 0 Å². The van der Waals surface area contributed by atoms with Crippen molar-refractivity contribution in [3.8, 4) is 0 Å². The molecule has 4 N–H and O–H groups in total. The maximum Gasteiger partial charge on any atom is 0.315 e. The Bertz CT molecular complexity index is 668. The number of carbonyl (C=O) groups excluding carboxylic acids is 2. The summed E-state index contributed by atoms with van der Waals surface area (Å²) >= 11 is 0. The first-order valence-electron chi connectivity index (χ1n) is 13.7. The van der Waals surface area contributed by atoms with E-state index in [-0.39, 0.29) is 18.0 Å². The summed E-state index contributed by atoms with van der Waals surface area (Å²) in [6.07, 6.45) is 16.1. The first-order chi connectivity index (χ1) is 16.0. The summed E-state index contributed by atoms with van der Waals surface area (Å²) in [5, 5.41) is 6.05. The van der Waals surface area contributed by atoms with E-state index in [1.165, 1.54) is 32.1 Å². The van der Waals surface area contributed by atoms with E-state index < -0.39 is 5.54 Å². The molecule has 7 heteroatoms. The first kappa shape index (κ1) is 25.8. The molecule has 0 radical (unpaired) electrons. The number of nitrogens with zero attached hydrogens (tertiary/aromatic N) is 2. The summed E-state index contributed by atoms with van der Waals surface area (Å²) in [6, 6.07) is 0.166. The van der Waals surface area contributed by atoms with Crippen LogP contribution in [0.1, 0.15) is 110 Å². The lowest BCUT2D eigenvalue weighted by molar-refractivity contribution is -0.132. The fourth-order valence-electron chi connectivity index (χ4n) is 5.96. The van der Waals surface area contributed by atoms with Gasteiger partial charge < -0.3 is 16.4 Å². The van der Waals surface area contributed by atoms with E-state index in [9.17, 15) is 9.59 Å². The van der Waals surface area contributed by atoms with Gasteiger partial charge in [-0.3, -0.25) is 9.69 Å². The fraction of sp³-hybridized carbons (Fsp3) is 0.885. The van der Waals surface area contributed by atoms with E-state index in [2.05, 4.69) is 24.5 Å². The molecule has 3 aliphatic rings. The summed E-state index contributed by atoms with van der Waals surface area (Å²) in [5.41, 5.74) is 5.75. The minimum absolute atomic E-state index is 0.0542.